The average Bonchev–Trinajstić information content (AvgIpc) is 2.81. The van der Waals surface area contributed by atoms with Gasteiger partial charge in [-0.3, -0.25) is 4.68 Å². The third kappa shape index (κ3) is 3.58. The molecule has 1 aromatic heterocycles. The smallest absolute Gasteiger partial charge is 0.319 e. The Labute approximate surface area is 117 Å². The molecule has 1 heterocycles. The Kier molecular flexibility index (Phi) is 4.73. The maximum atomic E-state index is 11.7. The zero-order valence-corrected chi connectivity index (χ0v) is 11.3. The molecule has 6 heteroatoms. The molecule has 2 rings (SSSR count). The summed E-state index contributed by atoms with van der Waals surface area (Å²) in [6.07, 6.45) is 2.29. The first kappa shape index (κ1) is 14.1. The molecule has 0 unspecified atom stereocenters. The Hall–Kier alpha value is -2.34. The van der Waals surface area contributed by atoms with Crippen LogP contribution in [-0.4, -0.2) is 34.1 Å². The van der Waals surface area contributed by atoms with Crippen molar-refractivity contribution in [2.45, 2.75) is 6.42 Å². The summed E-state index contributed by atoms with van der Waals surface area (Å²) in [5.74, 6) is 0. The number of aliphatic hydroxyl groups excluding tert-OH is 1. The van der Waals surface area contributed by atoms with Gasteiger partial charge >= 0.3 is 6.03 Å². The zero-order valence-electron chi connectivity index (χ0n) is 11.3. The summed E-state index contributed by atoms with van der Waals surface area (Å²) in [5, 5.41) is 18.5. The number of hydrogen-bond acceptors (Lipinski definition) is 3. The maximum absolute atomic E-state index is 11.7. The molecular formula is C14H18N4O2. The molecular weight excluding hydrogens is 256 g/mol. The van der Waals surface area contributed by atoms with Crippen LogP contribution in [-0.2, 0) is 7.05 Å². The van der Waals surface area contributed by atoms with Crippen molar-refractivity contribution in [2.75, 3.05) is 18.5 Å². The average molecular weight is 274 g/mol. The minimum absolute atomic E-state index is 0.0580. The second-order valence-corrected chi connectivity index (χ2v) is 4.39. The fourth-order valence-electron chi connectivity index (χ4n) is 1.84. The molecule has 0 radical (unpaired) electrons. The lowest BCUT2D eigenvalue weighted by molar-refractivity contribution is 0.249. The molecule has 2 amide bonds. The van der Waals surface area contributed by atoms with Gasteiger partial charge in [0.05, 0.1) is 5.69 Å². The van der Waals surface area contributed by atoms with Crippen molar-refractivity contribution >= 4 is 11.7 Å². The van der Waals surface area contributed by atoms with Crippen LogP contribution in [0, 0.1) is 0 Å². The summed E-state index contributed by atoms with van der Waals surface area (Å²) in [6, 6.07) is 9.36. The highest BCUT2D eigenvalue weighted by Gasteiger charge is 2.12. The van der Waals surface area contributed by atoms with Gasteiger partial charge in [-0.1, -0.05) is 30.3 Å². The van der Waals surface area contributed by atoms with Crippen molar-refractivity contribution in [3.63, 3.8) is 0 Å². The Bertz CT molecular complexity index is 566. The number of rotatable bonds is 5. The summed E-state index contributed by atoms with van der Waals surface area (Å²) in [5.41, 5.74) is 2.32. The van der Waals surface area contributed by atoms with Crippen molar-refractivity contribution in [3.8, 4) is 11.3 Å². The van der Waals surface area contributed by atoms with E-state index in [1.54, 1.807) is 17.9 Å². The Morgan fingerprint density at radius 1 is 1.35 bits per heavy atom. The van der Waals surface area contributed by atoms with E-state index in [0.717, 1.165) is 11.3 Å². The molecule has 0 aliphatic carbocycles. The van der Waals surface area contributed by atoms with Gasteiger partial charge in [-0.05, 0) is 6.42 Å². The van der Waals surface area contributed by atoms with Gasteiger partial charge in [-0.15, -0.1) is 0 Å². The molecule has 20 heavy (non-hydrogen) atoms. The molecule has 2 aromatic rings. The molecule has 0 aliphatic heterocycles. The quantitative estimate of drug-likeness (QED) is 0.724. The van der Waals surface area contributed by atoms with Crippen LogP contribution in [0.15, 0.2) is 36.5 Å². The molecule has 0 saturated carbocycles. The zero-order chi connectivity index (χ0) is 14.4. The van der Waals surface area contributed by atoms with Crippen LogP contribution < -0.4 is 10.6 Å². The monoisotopic (exact) mass is 274 g/mol. The number of aliphatic hydroxyl groups is 1. The number of aryl methyl sites for hydroxylation is 1. The molecule has 0 bridgehead atoms. The van der Waals surface area contributed by atoms with E-state index in [9.17, 15) is 4.79 Å². The van der Waals surface area contributed by atoms with E-state index in [4.69, 9.17) is 5.11 Å². The first-order chi connectivity index (χ1) is 9.70. The van der Waals surface area contributed by atoms with Gasteiger partial charge < -0.3 is 15.7 Å². The molecule has 0 aliphatic rings. The van der Waals surface area contributed by atoms with Crippen molar-refractivity contribution in [2.24, 2.45) is 7.05 Å². The molecule has 1 aromatic carbocycles. The van der Waals surface area contributed by atoms with E-state index >= 15 is 0 Å². The van der Waals surface area contributed by atoms with E-state index < -0.39 is 0 Å². The van der Waals surface area contributed by atoms with Gasteiger partial charge in [-0.2, -0.15) is 5.10 Å². The standard InChI is InChI=1S/C14H18N4O2/c1-18-10-12(16-14(20)15-8-5-9-19)13(17-18)11-6-3-2-4-7-11/h2-4,6-7,10,19H,5,8-9H2,1H3,(H2,15,16,20). The Balaban J connectivity index is 2.10. The molecule has 106 valence electrons. The number of carbonyl (C=O) groups is 1. The number of urea groups is 1. The molecule has 0 atom stereocenters. The number of benzene rings is 1. The summed E-state index contributed by atoms with van der Waals surface area (Å²) < 4.78 is 1.66. The number of aromatic nitrogens is 2. The van der Waals surface area contributed by atoms with Crippen LogP contribution in [0.2, 0.25) is 0 Å². The summed E-state index contributed by atoms with van der Waals surface area (Å²) in [7, 11) is 1.81. The largest absolute Gasteiger partial charge is 0.396 e. The molecule has 0 fully saturated rings. The molecule has 6 nitrogen and oxygen atoms in total. The maximum Gasteiger partial charge on any atom is 0.319 e. The van der Waals surface area contributed by atoms with E-state index in [-0.39, 0.29) is 12.6 Å². The van der Waals surface area contributed by atoms with Gasteiger partial charge in [0.1, 0.15) is 5.69 Å². The lowest BCUT2D eigenvalue weighted by Gasteiger charge is -2.06. The fraction of sp³-hybridized carbons (Fsp3) is 0.286. The van der Waals surface area contributed by atoms with E-state index in [2.05, 4.69) is 15.7 Å². The lowest BCUT2D eigenvalue weighted by atomic mass is 10.1. The van der Waals surface area contributed by atoms with Crippen molar-refractivity contribution in [1.29, 1.82) is 0 Å². The first-order valence-electron chi connectivity index (χ1n) is 6.45. The van der Waals surface area contributed by atoms with Gasteiger partial charge in [0.15, 0.2) is 0 Å². The summed E-state index contributed by atoms with van der Waals surface area (Å²) in [6.45, 7) is 0.492. The highest BCUT2D eigenvalue weighted by Crippen LogP contribution is 2.25. The number of carbonyl (C=O) groups excluding carboxylic acids is 1. The number of amides is 2. The number of nitrogens with zero attached hydrogens (tertiary/aromatic N) is 2. The lowest BCUT2D eigenvalue weighted by Crippen LogP contribution is -2.29. The van der Waals surface area contributed by atoms with Crippen LogP contribution >= 0.6 is 0 Å². The predicted octanol–water partition coefficient (Wildman–Crippen LogP) is 1.59. The van der Waals surface area contributed by atoms with E-state index in [0.29, 0.717) is 18.7 Å². The predicted molar refractivity (Wildman–Crippen MR) is 77.4 cm³/mol. The van der Waals surface area contributed by atoms with E-state index in [1.165, 1.54) is 0 Å². The van der Waals surface area contributed by atoms with Crippen molar-refractivity contribution in [1.82, 2.24) is 15.1 Å². The minimum atomic E-state index is -0.302. The van der Waals surface area contributed by atoms with Crippen molar-refractivity contribution < 1.29 is 9.90 Å². The SMILES string of the molecule is Cn1cc(NC(=O)NCCCO)c(-c2ccccc2)n1. The number of nitrogens with one attached hydrogen (secondary N) is 2. The van der Waals surface area contributed by atoms with Crippen LogP contribution in [0.25, 0.3) is 11.3 Å². The molecule has 3 N–H and O–H groups in total. The van der Waals surface area contributed by atoms with Gasteiger partial charge in [-0.25, -0.2) is 4.79 Å². The Morgan fingerprint density at radius 2 is 2.10 bits per heavy atom. The second-order valence-electron chi connectivity index (χ2n) is 4.39. The highest BCUT2D eigenvalue weighted by molar-refractivity contribution is 5.93. The summed E-state index contributed by atoms with van der Waals surface area (Å²) in [4.78, 5) is 11.7. The number of anilines is 1. The fourth-order valence-corrected chi connectivity index (χ4v) is 1.84. The van der Waals surface area contributed by atoms with Crippen LogP contribution in [0.1, 0.15) is 6.42 Å². The molecule has 0 saturated heterocycles. The minimum Gasteiger partial charge on any atom is -0.396 e. The molecule has 0 spiro atoms. The summed E-state index contributed by atoms with van der Waals surface area (Å²) >= 11 is 0. The highest BCUT2D eigenvalue weighted by atomic mass is 16.3. The van der Waals surface area contributed by atoms with Crippen LogP contribution in [0.3, 0.4) is 0 Å². The third-order valence-corrected chi connectivity index (χ3v) is 2.74. The number of hydrogen-bond donors (Lipinski definition) is 3. The van der Waals surface area contributed by atoms with Gasteiger partial charge in [0.25, 0.3) is 0 Å². The van der Waals surface area contributed by atoms with Crippen molar-refractivity contribution in [3.05, 3.63) is 36.5 Å². The van der Waals surface area contributed by atoms with Crippen LogP contribution in [0.4, 0.5) is 10.5 Å². The second kappa shape index (κ2) is 6.72. The van der Waals surface area contributed by atoms with E-state index in [1.807, 2.05) is 30.3 Å². The van der Waals surface area contributed by atoms with Gasteiger partial charge in [0, 0.05) is 32.0 Å². The first-order valence-corrected chi connectivity index (χ1v) is 6.45. The Morgan fingerprint density at radius 3 is 2.80 bits per heavy atom. The topological polar surface area (TPSA) is 79.2 Å². The normalized spacial score (nSPS) is 10.3. The van der Waals surface area contributed by atoms with Gasteiger partial charge in [0.2, 0.25) is 0 Å². The third-order valence-electron chi connectivity index (χ3n) is 2.74. The van der Waals surface area contributed by atoms with Crippen LogP contribution in [0.5, 0.6) is 0 Å².